The molecule has 5 heteroatoms. The number of hydrogen-bond donors (Lipinski definition) is 1. The number of carbonyl (C=O) groups excluding carboxylic acids is 1. The first kappa shape index (κ1) is 16.3. The predicted octanol–water partition coefficient (Wildman–Crippen LogP) is 4.03. The van der Waals surface area contributed by atoms with E-state index in [9.17, 15) is 4.79 Å². The molecule has 21 heavy (non-hydrogen) atoms. The van der Waals surface area contributed by atoms with Crippen LogP contribution in [0.25, 0.3) is 0 Å². The largest absolute Gasteiger partial charge is 0.497 e. The quantitative estimate of drug-likeness (QED) is 0.685. The molecule has 3 nitrogen and oxygen atoms in total. The summed E-state index contributed by atoms with van der Waals surface area (Å²) in [6.07, 6.45) is 0.792. The van der Waals surface area contributed by atoms with Gasteiger partial charge >= 0.3 is 0 Å². The fraction of sp³-hybridized carbons (Fsp3) is 0.188. The SMILES string of the molecule is COc1ccc(CCNC(=O)c2cc(Br)ccc2I)cc1. The maximum absolute atomic E-state index is 12.2. The molecule has 0 bridgehead atoms. The number of halogens is 2. The van der Waals surface area contributed by atoms with Crippen LogP contribution in [0.2, 0.25) is 0 Å². The molecule has 0 saturated heterocycles. The maximum atomic E-state index is 12.2. The summed E-state index contributed by atoms with van der Waals surface area (Å²) in [6, 6.07) is 13.5. The molecular formula is C16H15BrINO2. The number of benzene rings is 2. The Hall–Kier alpha value is -1.08. The summed E-state index contributed by atoms with van der Waals surface area (Å²) in [7, 11) is 1.65. The fourth-order valence-electron chi connectivity index (χ4n) is 1.88. The van der Waals surface area contributed by atoms with Crippen LogP contribution in [0.1, 0.15) is 15.9 Å². The number of carbonyl (C=O) groups is 1. The zero-order chi connectivity index (χ0) is 15.2. The van der Waals surface area contributed by atoms with E-state index >= 15 is 0 Å². The summed E-state index contributed by atoms with van der Waals surface area (Å²) in [5.74, 6) is 0.792. The highest BCUT2D eigenvalue weighted by Gasteiger charge is 2.09. The van der Waals surface area contributed by atoms with Gasteiger partial charge in [-0.25, -0.2) is 0 Å². The van der Waals surface area contributed by atoms with Gasteiger partial charge in [-0.1, -0.05) is 28.1 Å². The lowest BCUT2D eigenvalue weighted by Gasteiger charge is -2.08. The van der Waals surface area contributed by atoms with Gasteiger partial charge in [0, 0.05) is 14.6 Å². The molecule has 0 aliphatic heterocycles. The van der Waals surface area contributed by atoms with Crippen molar-refractivity contribution in [2.45, 2.75) is 6.42 Å². The zero-order valence-electron chi connectivity index (χ0n) is 11.5. The predicted molar refractivity (Wildman–Crippen MR) is 95.9 cm³/mol. The fourth-order valence-corrected chi connectivity index (χ4v) is 2.82. The number of methoxy groups -OCH3 is 1. The van der Waals surface area contributed by atoms with Crippen LogP contribution in [-0.4, -0.2) is 19.6 Å². The first-order valence-electron chi connectivity index (χ1n) is 6.46. The van der Waals surface area contributed by atoms with Crippen LogP contribution in [0.4, 0.5) is 0 Å². The molecule has 0 fully saturated rings. The molecule has 0 aliphatic rings. The summed E-state index contributed by atoms with van der Waals surface area (Å²) in [5.41, 5.74) is 1.86. The maximum Gasteiger partial charge on any atom is 0.252 e. The van der Waals surface area contributed by atoms with Crippen molar-refractivity contribution in [2.24, 2.45) is 0 Å². The van der Waals surface area contributed by atoms with E-state index in [1.807, 2.05) is 42.5 Å². The van der Waals surface area contributed by atoms with E-state index in [2.05, 4.69) is 43.8 Å². The normalized spacial score (nSPS) is 10.2. The summed E-state index contributed by atoms with van der Waals surface area (Å²) >= 11 is 5.56. The zero-order valence-corrected chi connectivity index (χ0v) is 15.3. The van der Waals surface area contributed by atoms with E-state index < -0.39 is 0 Å². The Kier molecular flexibility index (Phi) is 6.05. The molecule has 0 radical (unpaired) electrons. The van der Waals surface area contributed by atoms with Gasteiger partial charge in [-0.05, 0) is 64.9 Å². The lowest BCUT2D eigenvalue weighted by Crippen LogP contribution is -2.26. The van der Waals surface area contributed by atoms with E-state index in [1.165, 1.54) is 5.56 Å². The van der Waals surface area contributed by atoms with Crippen molar-refractivity contribution in [2.75, 3.05) is 13.7 Å². The van der Waals surface area contributed by atoms with Crippen LogP contribution >= 0.6 is 38.5 Å². The van der Waals surface area contributed by atoms with E-state index in [1.54, 1.807) is 7.11 Å². The Morgan fingerprint density at radius 3 is 2.62 bits per heavy atom. The van der Waals surface area contributed by atoms with Gasteiger partial charge in [0.1, 0.15) is 5.75 Å². The highest BCUT2D eigenvalue weighted by molar-refractivity contribution is 14.1. The third-order valence-electron chi connectivity index (χ3n) is 3.03. The van der Waals surface area contributed by atoms with Crippen LogP contribution in [0, 0.1) is 3.57 Å². The van der Waals surface area contributed by atoms with Crippen molar-refractivity contribution in [3.8, 4) is 5.75 Å². The second-order valence-corrected chi connectivity index (χ2v) is 6.56. The Morgan fingerprint density at radius 2 is 1.95 bits per heavy atom. The van der Waals surface area contributed by atoms with Crippen molar-refractivity contribution < 1.29 is 9.53 Å². The summed E-state index contributed by atoms with van der Waals surface area (Å²) in [6.45, 7) is 0.605. The first-order valence-corrected chi connectivity index (χ1v) is 8.33. The van der Waals surface area contributed by atoms with Gasteiger partial charge in [-0.3, -0.25) is 4.79 Å². The van der Waals surface area contributed by atoms with Gasteiger partial charge in [-0.2, -0.15) is 0 Å². The van der Waals surface area contributed by atoms with Gasteiger partial charge in [0.25, 0.3) is 5.91 Å². The average molecular weight is 460 g/mol. The summed E-state index contributed by atoms with van der Waals surface area (Å²) in [5, 5.41) is 2.95. The molecule has 0 spiro atoms. The second-order valence-electron chi connectivity index (χ2n) is 4.48. The standard InChI is InChI=1S/C16H15BrINO2/c1-21-13-5-2-11(3-6-13)8-9-19-16(20)14-10-12(17)4-7-15(14)18/h2-7,10H,8-9H2,1H3,(H,19,20). The minimum Gasteiger partial charge on any atom is -0.497 e. The Morgan fingerprint density at radius 1 is 1.24 bits per heavy atom. The van der Waals surface area contributed by atoms with E-state index in [-0.39, 0.29) is 5.91 Å². The smallest absolute Gasteiger partial charge is 0.252 e. The highest BCUT2D eigenvalue weighted by Crippen LogP contribution is 2.18. The summed E-state index contributed by atoms with van der Waals surface area (Å²) < 4.78 is 6.97. The number of nitrogens with one attached hydrogen (secondary N) is 1. The van der Waals surface area contributed by atoms with Crippen LogP contribution in [0.15, 0.2) is 46.9 Å². The Labute approximate surface area is 146 Å². The topological polar surface area (TPSA) is 38.3 Å². The molecule has 2 aromatic carbocycles. The number of rotatable bonds is 5. The molecule has 1 N–H and O–H groups in total. The van der Waals surface area contributed by atoms with Crippen LogP contribution < -0.4 is 10.1 Å². The van der Waals surface area contributed by atoms with Crippen molar-refractivity contribution >= 4 is 44.4 Å². The second kappa shape index (κ2) is 7.79. The van der Waals surface area contributed by atoms with E-state index in [0.29, 0.717) is 12.1 Å². The lowest BCUT2D eigenvalue weighted by molar-refractivity contribution is 0.0953. The first-order chi connectivity index (χ1) is 10.1. The molecule has 1 amide bonds. The number of hydrogen-bond acceptors (Lipinski definition) is 2. The molecule has 0 unspecified atom stereocenters. The summed E-state index contributed by atoms with van der Waals surface area (Å²) in [4.78, 5) is 12.2. The molecule has 0 heterocycles. The van der Waals surface area contributed by atoms with Gasteiger partial charge in [0.05, 0.1) is 12.7 Å². The lowest BCUT2D eigenvalue weighted by atomic mass is 10.1. The molecule has 0 saturated carbocycles. The minimum absolute atomic E-state index is 0.0470. The minimum atomic E-state index is -0.0470. The molecule has 0 aliphatic carbocycles. The Bertz CT molecular complexity index is 629. The molecule has 2 rings (SSSR count). The number of ether oxygens (including phenoxy) is 1. The monoisotopic (exact) mass is 459 g/mol. The molecule has 2 aromatic rings. The van der Waals surface area contributed by atoms with Gasteiger partial charge < -0.3 is 10.1 Å². The molecule has 0 atom stereocenters. The van der Waals surface area contributed by atoms with E-state index in [4.69, 9.17) is 4.74 Å². The van der Waals surface area contributed by atoms with Crippen molar-refractivity contribution in [1.82, 2.24) is 5.32 Å². The van der Waals surface area contributed by atoms with Crippen LogP contribution in [-0.2, 0) is 6.42 Å². The highest BCUT2D eigenvalue weighted by atomic mass is 127. The average Bonchev–Trinajstić information content (AvgIpc) is 2.50. The Balaban J connectivity index is 1.90. The van der Waals surface area contributed by atoms with Gasteiger partial charge in [0.15, 0.2) is 0 Å². The van der Waals surface area contributed by atoms with Gasteiger partial charge in [-0.15, -0.1) is 0 Å². The van der Waals surface area contributed by atoms with Crippen molar-refractivity contribution in [1.29, 1.82) is 0 Å². The molecule has 110 valence electrons. The molecular weight excluding hydrogens is 445 g/mol. The van der Waals surface area contributed by atoms with Crippen molar-refractivity contribution in [3.05, 3.63) is 61.6 Å². The van der Waals surface area contributed by atoms with Crippen LogP contribution in [0.5, 0.6) is 5.75 Å². The third-order valence-corrected chi connectivity index (χ3v) is 4.47. The van der Waals surface area contributed by atoms with Crippen LogP contribution in [0.3, 0.4) is 0 Å². The van der Waals surface area contributed by atoms with Crippen molar-refractivity contribution in [3.63, 3.8) is 0 Å². The number of amides is 1. The van der Waals surface area contributed by atoms with Gasteiger partial charge in [0.2, 0.25) is 0 Å². The molecule has 0 aromatic heterocycles. The van der Waals surface area contributed by atoms with E-state index in [0.717, 1.165) is 20.2 Å². The third kappa shape index (κ3) is 4.71.